The fourth-order valence-corrected chi connectivity index (χ4v) is 1.68. The highest BCUT2D eigenvalue weighted by Gasteiger charge is 2.12. The van der Waals surface area contributed by atoms with Gasteiger partial charge in [0.2, 0.25) is 0 Å². The van der Waals surface area contributed by atoms with Gasteiger partial charge in [0.25, 0.3) is 11.6 Å². The number of hydrogen-bond donors (Lipinski definition) is 2. The predicted molar refractivity (Wildman–Crippen MR) is 67.5 cm³/mol. The molecule has 1 amide bonds. The molecule has 96 valence electrons. The zero-order chi connectivity index (χ0) is 13.8. The Morgan fingerprint density at radius 2 is 2.26 bits per heavy atom. The molecule has 0 atom stereocenters. The van der Waals surface area contributed by atoms with E-state index in [1.54, 1.807) is 12.1 Å². The normalized spacial score (nSPS) is 10.1. The minimum Gasteiger partial charge on any atom is -0.351 e. The Kier molecular flexibility index (Phi) is 3.43. The number of nitrogens with one attached hydrogen (secondary N) is 2. The first-order valence-corrected chi connectivity index (χ1v) is 5.54. The van der Waals surface area contributed by atoms with E-state index < -0.39 is 4.92 Å². The number of H-pyrrole nitrogens is 1. The molecule has 0 aliphatic rings. The van der Waals surface area contributed by atoms with Gasteiger partial charge in [-0.2, -0.15) is 5.26 Å². The standard InChI is InChI=1S/C12H10N4O3/c13-4-1-5-14-12(17)11-7-8-6-9(16(18)19)2-3-10(8)15-11/h2-3,6-7,15H,1,5H2,(H,14,17). The maximum Gasteiger partial charge on any atom is 0.270 e. The molecular formula is C12H10N4O3. The summed E-state index contributed by atoms with van der Waals surface area (Å²) >= 11 is 0. The van der Waals surface area contributed by atoms with Crippen molar-refractivity contribution in [2.24, 2.45) is 0 Å². The minimum absolute atomic E-state index is 0.0251. The summed E-state index contributed by atoms with van der Waals surface area (Å²) in [7, 11) is 0. The Hall–Kier alpha value is -2.88. The number of hydrogen-bond acceptors (Lipinski definition) is 4. The van der Waals surface area contributed by atoms with Crippen LogP contribution in [0.3, 0.4) is 0 Å². The third-order valence-electron chi connectivity index (χ3n) is 2.58. The van der Waals surface area contributed by atoms with Gasteiger partial charge in [0, 0.05) is 29.6 Å². The van der Waals surface area contributed by atoms with E-state index in [1.807, 2.05) is 6.07 Å². The lowest BCUT2D eigenvalue weighted by Gasteiger charge is -1.98. The summed E-state index contributed by atoms with van der Waals surface area (Å²) < 4.78 is 0. The summed E-state index contributed by atoms with van der Waals surface area (Å²) in [6, 6.07) is 7.79. The Balaban J connectivity index is 2.24. The van der Waals surface area contributed by atoms with Gasteiger partial charge in [-0.1, -0.05) is 0 Å². The van der Waals surface area contributed by atoms with Crippen LogP contribution in [0.1, 0.15) is 16.9 Å². The third kappa shape index (κ3) is 2.69. The van der Waals surface area contributed by atoms with Crippen molar-refractivity contribution in [3.63, 3.8) is 0 Å². The lowest BCUT2D eigenvalue weighted by molar-refractivity contribution is -0.384. The average Bonchev–Trinajstić information content (AvgIpc) is 2.81. The van der Waals surface area contributed by atoms with Crippen LogP contribution in [-0.2, 0) is 0 Å². The number of non-ortho nitro benzene ring substituents is 1. The van der Waals surface area contributed by atoms with E-state index in [0.717, 1.165) is 0 Å². The summed E-state index contributed by atoms with van der Waals surface area (Å²) in [5.41, 5.74) is 0.937. The number of nitriles is 1. The number of aromatic amines is 1. The molecule has 0 aliphatic heterocycles. The van der Waals surface area contributed by atoms with Crippen LogP contribution in [0.25, 0.3) is 10.9 Å². The van der Waals surface area contributed by atoms with E-state index >= 15 is 0 Å². The highest BCUT2D eigenvalue weighted by Crippen LogP contribution is 2.21. The van der Waals surface area contributed by atoms with E-state index in [9.17, 15) is 14.9 Å². The number of carbonyl (C=O) groups is 1. The van der Waals surface area contributed by atoms with Crippen LogP contribution in [-0.4, -0.2) is 22.4 Å². The summed E-state index contributed by atoms with van der Waals surface area (Å²) in [6.45, 7) is 0.269. The average molecular weight is 258 g/mol. The van der Waals surface area contributed by atoms with Crippen molar-refractivity contribution in [1.29, 1.82) is 5.26 Å². The molecule has 1 aromatic carbocycles. The lowest BCUT2D eigenvalue weighted by Crippen LogP contribution is -2.24. The molecule has 2 N–H and O–H groups in total. The monoisotopic (exact) mass is 258 g/mol. The lowest BCUT2D eigenvalue weighted by atomic mass is 10.2. The molecular weight excluding hydrogens is 248 g/mol. The fourth-order valence-electron chi connectivity index (χ4n) is 1.68. The van der Waals surface area contributed by atoms with Crippen LogP contribution in [0.5, 0.6) is 0 Å². The zero-order valence-corrected chi connectivity index (χ0v) is 9.84. The molecule has 2 rings (SSSR count). The minimum atomic E-state index is -0.487. The largest absolute Gasteiger partial charge is 0.351 e. The number of nitro benzene ring substituents is 1. The molecule has 0 aliphatic carbocycles. The molecule has 1 aromatic heterocycles. The molecule has 0 bridgehead atoms. The van der Waals surface area contributed by atoms with Crippen molar-refractivity contribution in [2.75, 3.05) is 6.54 Å². The highest BCUT2D eigenvalue weighted by atomic mass is 16.6. The van der Waals surface area contributed by atoms with E-state index in [4.69, 9.17) is 5.26 Å². The number of fused-ring (bicyclic) bond motifs is 1. The summed E-state index contributed by atoms with van der Waals surface area (Å²) in [6.07, 6.45) is 0.234. The number of aromatic nitrogens is 1. The van der Waals surface area contributed by atoms with Gasteiger partial charge in [0.05, 0.1) is 17.4 Å². The highest BCUT2D eigenvalue weighted by molar-refractivity contribution is 5.98. The van der Waals surface area contributed by atoms with Crippen LogP contribution in [0.2, 0.25) is 0 Å². The maximum absolute atomic E-state index is 11.7. The van der Waals surface area contributed by atoms with Crippen LogP contribution in [0, 0.1) is 21.4 Å². The number of nitro groups is 1. The zero-order valence-electron chi connectivity index (χ0n) is 9.84. The van der Waals surface area contributed by atoms with E-state index in [2.05, 4.69) is 10.3 Å². The van der Waals surface area contributed by atoms with E-state index in [1.165, 1.54) is 12.1 Å². The van der Waals surface area contributed by atoms with Gasteiger partial charge < -0.3 is 10.3 Å². The molecule has 7 heteroatoms. The van der Waals surface area contributed by atoms with Crippen LogP contribution >= 0.6 is 0 Å². The number of carbonyl (C=O) groups excluding carboxylic acids is 1. The molecule has 7 nitrogen and oxygen atoms in total. The second-order valence-electron chi connectivity index (χ2n) is 3.88. The van der Waals surface area contributed by atoms with Crippen LogP contribution in [0.4, 0.5) is 5.69 Å². The Morgan fingerprint density at radius 1 is 1.47 bits per heavy atom. The van der Waals surface area contributed by atoms with Crippen molar-refractivity contribution in [3.8, 4) is 6.07 Å². The quantitative estimate of drug-likeness (QED) is 0.494. The maximum atomic E-state index is 11.7. The van der Waals surface area contributed by atoms with Gasteiger partial charge in [0.1, 0.15) is 5.69 Å². The molecule has 0 unspecified atom stereocenters. The Morgan fingerprint density at radius 3 is 2.95 bits per heavy atom. The van der Waals surface area contributed by atoms with Gasteiger partial charge in [-0.15, -0.1) is 0 Å². The summed E-state index contributed by atoms with van der Waals surface area (Å²) in [5.74, 6) is -0.339. The molecule has 0 radical (unpaired) electrons. The first-order valence-electron chi connectivity index (χ1n) is 5.54. The number of benzene rings is 1. The van der Waals surface area contributed by atoms with Gasteiger partial charge in [-0.3, -0.25) is 14.9 Å². The summed E-state index contributed by atoms with van der Waals surface area (Å²) in [4.78, 5) is 24.8. The SMILES string of the molecule is N#CCCNC(=O)c1cc2cc([N+](=O)[O-])ccc2[nH]1. The second kappa shape index (κ2) is 5.18. The van der Waals surface area contributed by atoms with Gasteiger partial charge in [0.15, 0.2) is 0 Å². The van der Waals surface area contributed by atoms with Gasteiger partial charge >= 0.3 is 0 Å². The van der Waals surface area contributed by atoms with Crippen molar-refractivity contribution >= 4 is 22.5 Å². The molecule has 2 aromatic rings. The number of nitrogens with zero attached hydrogens (tertiary/aromatic N) is 2. The number of amides is 1. The van der Waals surface area contributed by atoms with Crippen molar-refractivity contribution in [1.82, 2.24) is 10.3 Å². The van der Waals surface area contributed by atoms with Crippen LogP contribution < -0.4 is 5.32 Å². The van der Waals surface area contributed by atoms with E-state index in [0.29, 0.717) is 16.6 Å². The molecule has 0 fully saturated rings. The third-order valence-corrected chi connectivity index (χ3v) is 2.58. The Bertz CT molecular complexity index is 684. The first kappa shape index (κ1) is 12.6. The molecule has 1 heterocycles. The molecule has 0 saturated carbocycles. The number of rotatable bonds is 4. The van der Waals surface area contributed by atoms with Crippen molar-refractivity contribution in [2.45, 2.75) is 6.42 Å². The van der Waals surface area contributed by atoms with Crippen LogP contribution in [0.15, 0.2) is 24.3 Å². The van der Waals surface area contributed by atoms with E-state index in [-0.39, 0.29) is 24.6 Å². The molecule has 0 saturated heterocycles. The first-order chi connectivity index (χ1) is 9.11. The van der Waals surface area contributed by atoms with Gasteiger partial charge in [-0.05, 0) is 12.1 Å². The smallest absolute Gasteiger partial charge is 0.270 e. The fraction of sp³-hybridized carbons (Fsp3) is 0.167. The van der Waals surface area contributed by atoms with Crippen molar-refractivity contribution < 1.29 is 9.72 Å². The predicted octanol–water partition coefficient (Wildman–Crippen LogP) is 1.72. The van der Waals surface area contributed by atoms with Crippen molar-refractivity contribution in [3.05, 3.63) is 40.1 Å². The topological polar surface area (TPSA) is 112 Å². The second-order valence-corrected chi connectivity index (χ2v) is 3.88. The molecule has 19 heavy (non-hydrogen) atoms. The Labute approximate surface area is 108 Å². The summed E-state index contributed by atoms with van der Waals surface area (Å²) in [5, 5.41) is 22.2. The van der Waals surface area contributed by atoms with Gasteiger partial charge in [-0.25, -0.2) is 0 Å². The molecule has 0 spiro atoms.